The summed E-state index contributed by atoms with van der Waals surface area (Å²) in [5.74, 6) is 0.410. The van der Waals surface area contributed by atoms with Crippen LogP contribution in [-0.4, -0.2) is 4.57 Å². The van der Waals surface area contributed by atoms with Gasteiger partial charge in [0.15, 0.2) is 0 Å². The summed E-state index contributed by atoms with van der Waals surface area (Å²) in [7, 11) is 0. The predicted molar refractivity (Wildman–Crippen MR) is 74.9 cm³/mol. The maximum atomic E-state index is 12.4. The standard InChI is InChI=1S/C14H20BrNO/c1-10(2)13-8-7-11(9-15)14(17)16(13)12-5-3-4-6-12/h7-8,10,12H,3-6,9H2,1-2H3. The Morgan fingerprint density at radius 3 is 2.53 bits per heavy atom. The van der Waals surface area contributed by atoms with Crippen molar-refractivity contribution >= 4 is 15.9 Å². The zero-order valence-electron chi connectivity index (χ0n) is 10.6. The molecule has 0 N–H and O–H groups in total. The Balaban J connectivity index is 2.54. The first-order valence-electron chi connectivity index (χ1n) is 6.45. The SMILES string of the molecule is CC(C)c1ccc(CBr)c(=O)n1C1CCCC1. The number of halogens is 1. The van der Waals surface area contributed by atoms with Gasteiger partial charge >= 0.3 is 0 Å². The lowest BCUT2D eigenvalue weighted by molar-refractivity contribution is 0.471. The molecular formula is C14H20BrNO. The third kappa shape index (κ3) is 2.49. The highest BCUT2D eigenvalue weighted by atomic mass is 79.9. The Labute approximate surface area is 111 Å². The average Bonchev–Trinajstić information content (AvgIpc) is 2.81. The Morgan fingerprint density at radius 1 is 1.35 bits per heavy atom. The molecule has 2 rings (SSSR count). The fraction of sp³-hybridized carbons (Fsp3) is 0.643. The highest BCUT2D eigenvalue weighted by molar-refractivity contribution is 9.08. The topological polar surface area (TPSA) is 22.0 Å². The van der Waals surface area contributed by atoms with E-state index in [1.807, 2.05) is 6.07 Å². The minimum Gasteiger partial charge on any atom is -0.309 e. The zero-order chi connectivity index (χ0) is 12.4. The van der Waals surface area contributed by atoms with Crippen molar-refractivity contribution in [1.29, 1.82) is 0 Å². The van der Waals surface area contributed by atoms with E-state index in [9.17, 15) is 4.79 Å². The van der Waals surface area contributed by atoms with Crippen LogP contribution in [0.25, 0.3) is 0 Å². The van der Waals surface area contributed by atoms with Crippen molar-refractivity contribution in [3.8, 4) is 0 Å². The van der Waals surface area contributed by atoms with Crippen LogP contribution >= 0.6 is 15.9 Å². The van der Waals surface area contributed by atoms with E-state index in [1.165, 1.54) is 18.5 Å². The second-order valence-corrected chi connectivity index (χ2v) is 5.75. The molecule has 1 aromatic heterocycles. The quantitative estimate of drug-likeness (QED) is 0.774. The summed E-state index contributed by atoms with van der Waals surface area (Å²) < 4.78 is 2.06. The second-order valence-electron chi connectivity index (χ2n) is 5.19. The van der Waals surface area contributed by atoms with Crippen LogP contribution in [0.15, 0.2) is 16.9 Å². The number of aromatic nitrogens is 1. The van der Waals surface area contributed by atoms with Crippen LogP contribution in [0.2, 0.25) is 0 Å². The van der Waals surface area contributed by atoms with E-state index in [1.54, 1.807) is 0 Å². The molecule has 1 heterocycles. The number of alkyl halides is 1. The number of rotatable bonds is 3. The van der Waals surface area contributed by atoms with Gasteiger partial charge in [-0.05, 0) is 24.8 Å². The van der Waals surface area contributed by atoms with E-state index in [0.29, 0.717) is 17.3 Å². The van der Waals surface area contributed by atoms with Gasteiger partial charge in [0.25, 0.3) is 5.56 Å². The Morgan fingerprint density at radius 2 is 2.00 bits per heavy atom. The lowest BCUT2D eigenvalue weighted by atomic mass is 10.1. The van der Waals surface area contributed by atoms with E-state index in [-0.39, 0.29) is 5.56 Å². The normalized spacial score (nSPS) is 16.9. The summed E-state index contributed by atoms with van der Waals surface area (Å²) in [6.45, 7) is 4.32. The van der Waals surface area contributed by atoms with E-state index in [2.05, 4.69) is 40.4 Å². The van der Waals surface area contributed by atoms with Gasteiger partial charge in [-0.1, -0.05) is 48.7 Å². The second kappa shape index (κ2) is 5.38. The molecule has 0 saturated heterocycles. The minimum absolute atomic E-state index is 0.208. The average molecular weight is 298 g/mol. The van der Waals surface area contributed by atoms with Crippen LogP contribution in [0, 0.1) is 0 Å². The first kappa shape index (κ1) is 12.9. The van der Waals surface area contributed by atoms with Crippen molar-refractivity contribution in [2.75, 3.05) is 0 Å². The molecule has 1 aliphatic carbocycles. The van der Waals surface area contributed by atoms with E-state index in [0.717, 1.165) is 18.4 Å². The predicted octanol–water partition coefficient (Wildman–Crippen LogP) is 3.98. The maximum absolute atomic E-state index is 12.4. The van der Waals surface area contributed by atoms with Gasteiger partial charge in [-0.3, -0.25) is 4.79 Å². The van der Waals surface area contributed by atoms with Gasteiger partial charge < -0.3 is 4.57 Å². The maximum Gasteiger partial charge on any atom is 0.255 e. The van der Waals surface area contributed by atoms with E-state index >= 15 is 0 Å². The molecule has 0 aliphatic heterocycles. The number of pyridine rings is 1. The summed E-state index contributed by atoms with van der Waals surface area (Å²) in [6.07, 6.45) is 4.83. The molecule has 1 aliphatic rings. The Bertz CT molecular complexity index is 444. The van der Waals surface area contributed by atoms with Gasteiger partial charge in [0.05, 0.1) is 0 Å². The summed E-state index contributed by atoms with van der Waals surface area (Å²) in [6, 6.07) is 4.53. The van der Waals surface area contributed by atoms with Crippen molar-refractivity contribution in [3.63, 3.8) is 0 Å². The Kier molecular flexibility index (Phi) is 4.08. The van der Waals surface area contributed by atoms with Gasteiger partial charge in [-0.2, -0.15) is 0 Å². The van der Waals surface area contributed by atoms with Crippen LogP contribution < -0.4 is 5.56 Å². The fourth-order valence-electron chi connectivity index (χ4n) is 2.72. The van der Waals surface area contributed by atoms with Crippen LogP contribution in [0.5, 0.6) is 0 Å². The van der Waals surface area contributed by atoms with Crippen LogP contribution in [0.3, 0.4) is 0 Å². The molecule has 0 unspecified atom stereocenters. The molecule has 1 fully saturated rings. The molecule has 17 heavy (non-hydrogen) atoms. The molecule has 0 radical (unpaired) electrons. The van der Waals surface area contributed by atoms with Crippen molar-refractivity contribution in [3.05, 3.63) is 33.7 Å². The largest absolute Gasteiger partial charge is 0.309 e. The van der Waals surface area contributed by atoms with Crippen LogP contribution in [-0.2, 0) is 5.33 Å². The summed E-state index contributed by atoms with van der Waals surface area (Å²) in [4.78, 5) is 12.4. The molecular weight excluding hydrogens is 278 g/mol. The monoisotopic (exact) mass is 297 g/mol. The molecule has 1 saturated carbocycles. The number of hydrogen-bond acceptors (Lipinski definition) is 1. The van der Waals surface area contributed by atoms with Gasteiger partial charge in [-0.15, -0.1) is 0 Å². The van der Waals surface area contributed by atoms with Crippen molar-refractivity contribution in [2.24, 2.45) is 0 Å². The van der Waals surface area contributed by atoms with E-state index < -0.39 is 0 Å². The van der Waals surface area contributed by atoms with Crippen molar-refractivity contribution < 1.29 is 0 Å². The van der Waals surface area contributed by atoms with Crippen molar-refractivity contribution in [2.45, 2.75) is 56.8 Å². The van der Waals surface area contributed by atoms with Gasteiger partial charge in [0, 0.05) is 22.6 Å². The molecule has 94 valence electrons. The molecule has 0 spiro atoms. The third-order valence-corrected chi connectivity index (χ3v) is 4.26. The first-order valence-corrected chi connectivity index (χ1v) is 7.57. The summed E-state index contributed by atoms with van der Waals surface area (Å²) in [5.41, 5.74) is 2.27. The molecule has 0 atom stereocenters. The number of hydrogen-bond donors (Lipinski definition) is 0. The van der Waals surface area contributed by atoms with Gasteiger partial charge in [0.2, 0.25) is 0 Å². The van der Waals surface area contributed by atoms with E-state index in [4.69, 9.17) is 0 Å². The lowest BCUT2D eigenvalue weighted by Gasteiger charge is -2.22. The first-order chi connectivity index (χ1) is 8.15. The zero-order valence-corrected chi connectivity index (χ0v) is 12.2. The summed E-state index contributed by atoms with van der Waals surface area (Å²) >= 11 is 3.40. The van der Waals surface area contributed by atoms with Gasteiger partial charge in [0.1, 0.15) is 0 Å². The highest BCUT2D eigenvalue weighted by Crippen LogP contribution is 2.31. The van der Waals surface area contributed by atoms with Crippen molar-refractivity contribution in [1.82, 2.24) is 4.57 Å². The Hall–Kier alpha value is -0.570. The van der Waals surface area contributed by atoms with Crippen LogP contribution in [0.4, 0.5) is 0 Å². The molecule has 1 aromatic rings. The van der Waals surface area contributed by atoms with Gasteiger partial charge in [-0.25, -0.2) is 0 Å². The minimum atomic E-state index is 0.208. The number of nitrogens with zero attached hydrogens (tertiary/aromatic N) is 1. The van der Waals surface area contributed by atoms with Crippen LogP contribution in [0.1, 0.15) is 62.7 Å². The molecule has 2 nitrogen and oxygen atoms in total. The molecule has 3 heteroatoms. The molecule has 0 amide bonds. The third-order valence-electron chi connectivity index (χ3n) is 3.65. The molecule has 0 bridgehead atoms. The fourth-order valence-corrected chi connectivity index (χ4v) is 3.15. The summed E-state index contributed by atoms with van der Waals surface area (Å²) in [5, 5.41) is 0.650. The smallest absolute Gasteiger partial charge is 0.255 e. The lowest BCUT2D eigenvalue weighted by Crippen LogP contribution is -2.29. The molecule has 0 aromatic carbocycles. The highest BCUT2D eigenvalue weighted by Gasteiger charge is 2.22.